The van der Waals surface area contributed by atoms with Crippen LogP contribution in [0.3, 0.4) is 0 Å². The molecule has 1 aliphatic heterocycles. The maximum atomic E-state index is 10.7. The largest absolute Gasteiger partial charge is 0.478 e. The van der Waals surface area contributed by atoms with Crippen LogP contribution in [-0.4, -0.2) is 49.6 Å². The van der Waals surface area contributed by atoms with E-state index in [1.54, 1.807) is 11.9 Å². The zero-order chi connectivity index (χ0) is 18.6. The Morgan fingerprint density at radius 1 is 1.44 bits per heavy atom. The molecule has 0 radical (unpaired) electrons. The van der Waals surface area contributed by atoms with E-state index in [4.69, 9.17) is 9.84 Å². The van der Waals surface area contributed by atoms with E-state index >= 15 is 0 Å². The van der Waals surface area contributed by atoms with Gasteiger partial charge < -0.3 is 19.6 Å². The van der Waals surface area contributed by atoms with Crippen molar-refractivity contribution in [2.75, 3.05) is 44.0 Å². The van der Waals surface area contributed by atoms with Crippen LogP contribution in [0, 0.1) is 0 Å². The van der Waals surface area contributed by atoms with Gasteiger partial charge in [0, 0.05) is 32.9 Å². The number of hydrogen-bond acceptors (Lipinski definition) is 6. The summed E-state index contributed by atoms with van der Waals surface area (Å²) < 4.78 is 7.77. The van der Waals surface area contributed by atoms with Gasteiger partial charge in [-0.05, 0) is 37.5 Å². The first-order valence-electron chi connectivity index (χ1n) is 8.09. The molecule has 7 heteroatoms. The molecular weight excluding hydrogens is 338 g/mol. The molecule has 1 aromatic rings. The molecule has 0 spiro atoms. The number of nitrogens with zero attached hydrogens (tertiary/aromatic N) is 3. The Morgan fingerprint density at radius 2 is 2.16 bits per heavy atom. The molecule has 1 aliphatic rings. The number of benzene rings is 1. The van der Waals surface area contributed by atoms with Crippen molar-refractivity contribution in [3.05, 3.63) is 36.7 Å². The molecule has 0 saturated heterocycles. The summed E-state index contributed by atoms with van der Waals surface area (Å²) in [4.78, 5) is 15.9. The van der Waals surface area contributed by atoms with E-state index in [1.165, 1.54) is 6.26 Å². The average molecular weight is 363 g/mol. The monoisotopic (exact) mass is 363 g/mol. The van der Waals surface area contributed by atoms with Crippen LogP contribution >= 0.6 is 11.9 Å². The van der Waals surface area contributed by atoms with Crippen molar-refractivity contribution in [1.82, 2.24) is 4.31 Å². The fourth-order valence-corrected chi connectivity index (χ4v) is 3.46. The predicted molar refractivity (Wildman–Crippen MR) is 103 cm³/mol. The Morgan fingerprint density at radius 3 is 2.76 bits per heavy atom. The fraction of sp³-hybridized carbons (Fsp3) is 0.389. The number of carboxylic acid groups (broad SMARTS) is 1. The highest BCUT2D eigenvalue weighted by Crippen LogP contribution is 2.43. The van der Waals surface area contributed by atoms with Crippen molar-refractivity contribution in [1.29, 1.82) is 0 Å². The summed E-state index contributed by atoms with van der Waals surface area (Å²) in [6, 6.07) is 4.03. The van der Waals surface area contributed by atoms with Crippen molar-refractivity contribution in [3.8, 4) is 5.75 Å². The van der Waals surface area contributed by atoms with Crippen molar-refractivity contribution in [3.63, 3.8) is 0 Å². The minimum absolute atomic E-state index is 0.617. The second kappa shape index (κ2) is 8.31. The van der Waals surface area contributed by atoms with E-state index in [2.05, 4.69) is 35.8 Å². The SMILES string of the molecule is C=C(CC)N1CCN(C)Sc2cc(O/C=C/C(=O)O)c(N(C)C)cc21. The number of aliphatic carboxylic acids is 1. The van der Waals surface area contributed by atoms with E-state index in [9.17, 15) is 4.79 Å². The molecular formula is C18H25N3O3S. The first kappa shape index (κ1) is 19.2. The number of ether oxygens (including phenoxy) is 1. The summed E-state index contributed by atoms with van der Waals surface area (Å²) in [5.41, 5.74) is 3.05. The summed E-state index contributed by atoms with van der Waals surface area (Å²) in [6.07, 6.45) is 3.06. The maximum absolute atomic E-state index is 10.7. The number of rotatable bonds is 6. The van der Waals surface area contributed by atoms with E-state index in [-0.39, 0.29) is 0 Å². The molecule has 0 bridgehead atoms. The maximum Gasteiger partial charge on any atom is 0.331 e. The quantitative estimate of drug-likeness (QED) is 0.472. The summed E-state index contributed by atoms with van der Waals surface area (Å²) in [6.45, 7) is 8.08. The minimum atomic E-state index is -1.04. The second-order valence-corrected chi connectivity index (χ2v) is 7.20. The molecule has 136 valence electrons. The summed E-state index contributed by atoms with van der Waals surface area (Å²) in [7, 11) is 5.92. The third-order valence-electron chi connectivity index (χ3n) is 3.90. The van der Waals surface area contributed by atoms with Gasteiger partial charge in [0.1, 0.15) is 0 Å². The lowest BCUT2D eigenvalue weighted by Crippen LogP contribution is -2.27. The Balaban J connectivity index is 2.51. The highest BCUT2D eigenvalue weighted by Gasteiger charge is 2.23. The van der Waals surface area contributed by atoms with E-state index in [0.29, 0.717) is 5.75 Å². The lowest BCUT2D eigenvalue weighted by molar-refractivity contribution is -0.131. The lowest BCUT2D eigenvalue weighted by atomic mass is 10.2. The zero-order valence-corrected chi connectivity index (χ0v) is 16.0. The fourth-order valence-electron chi connectivity index (χ4n) is 2.53. The number of carbonyl (C=O) groups is 1. The van der Waals surface area contributed by atoms with Gasteiger partial charge >= 0.3 is 5.97 Å². The van der Waals surface area contributed by atoms with Gasteiger partial charge in [-0.25, -0.2) is 9.10 Å². The van der Waals surface area contributed by atoms with Crippen molar-refractivity contribution in [2.45, 2.75) is 18.2 Å². The van der Waals surface area contributed by atoms with Crippen LogP contribution in [0.4, 0.5) is 11.4 Å². The highest BCUT2D eigenvalue weighted by atomic mass is 32.2. The molecule has 25 heavy (non-hydrogen) atoms. The Bertz CT molecular complexity index is 688. The topological polar surface area (TPSA) is 56.3 Å². The summed E-state index contributed by atoms with van der Waals surface area (Å²) >= 11 is 1.65. The predicted octanol–water partition coefficient (Wildman–Crippen LogP) is 3.41. The lowest BCUT2D eigenvalue weighted by Gasteiger charge is -2.28. The van der Waals surface area contributed by atoms with Gasteiger partial charge in [0.15, 0.2) is 5.75 Å². The molecule has 0 atom stereocenters. The summed E-state index contributed by atoms with van der Waals surface area (Å²) in [5.74, 6) is -0.424. The standard InChI is InChI=1S/C18H25N3O3S/c1-6-13(2)21-9-8-20(5)25-17-12-16(24-10-7-18(22)23)14(19(3)4)11-15(17)21/h7,10-12H,2,6,8-9H2,1,3-5H3,(H,22,23)/b10-7+. The summed E-state index contributed by atoms with van der Waals surface area (Å²) in [5, 5.41) is 8.75. The molecule has 0 saturated carbocycles. The molecule has 0 fully saturated rings. The molecule has 1 aromatic carbocycles. The number of hydrogen-bond donors (Lipinski definition) is 1. The van der Waals surface area contributed by atoms with Crippen LogP contribution < -0.4 is 14.5 Å². The zero-order valence-electron chi connectivity index (χ0n) is 15.2. The molecule has 1 N–H and O–H groups in total. The van der Waals surface area contributed by atoms with Crippen molar-refractivity contribution in [2.24, 2.45) is 0 Å². The van der Waals surface area contributed by atoms with Crippen LogP contribution in [0.25, 0.3) is 0 Å². The average Bonchev–Trinajstić information content (AvgIpc) is 2.70. The van der Waals surface area contributed by atoms with Gasteiger partial charge in [-0.15, -0.1) is 0 Å². The van der Waals surface area contributed by atoms with Gasteiger partial charge in [0.25, 0.3) is 0 Å². The number of allylic oxidation sites excluding steroid dienone is 1. The Kier molecular flexibility index (Phi) is 6.39. The molecule has 1 heterocycles. The Labute approximate surface area is 153 Å². The molecule has 0 aliphatic carbocycles. The minimum Gasteiger partial charge on any atom is -0.478 e. The molecule has 6 nitrogen and oxygen atoms in total. The van der Waals surface area contributed by atoms with Gasteiger partial charge in [0.05, 0.1) is 28.6 Å². The first-order valence-corrected chi connectivity index (χ1v) is 8.86. The van der Waals surface area contributed by atoms with E-state index in [1.807, 2.05) is 25.1 Å². The second-order valence-electron chi connectivity index (χ2n) is 5.96. The van der Waals surface area contributed by atoms with E-state index < -0.39 is 5.97 Å². The molecule has 0 unspecified atom stereocenters. The Hall–Kier alpha value is -2.12. The normalized spacial score (nSPS) is 15.0. The van der Waals surface area contributed by atoms with Crippen molar-refractivity contribution >= 4 is 29.3 Å². The molecule has 0 aromatic heterocycles. The van der Waals surface area contributed by atoms with E-state index in [0.717, 1.165) is 47.6 Å². The van der Waals surface area contributed by atoms with Crippen LogP contribution in [0.15, 0.2) is 41.6 Å². The van der Waals surface area contributed by atoms with Crippen LogP contribution in [-0.2, 0) is 4.79 Å². The van der Waals surface area contributed by atoms with Crippen LogP contribution in [0.2, 0.25) is 0 Å². The van der Waals surface area contributed by atoms with Gasteiger partial charge in [-0.3, -0.25) is 0 Å². The van der Waals surface area contributed by atoms with Crippen molar-refractivity contribution < 1.29 is 14.6 Å². The third kappa shape index (κ3) is 4.70. The van der Waals surface area contributed by atoms with Crippen LogP contribution in [0.1, 0.15) is 13.3 Å². The molecule has 0 amide bonds. The number of fused-ring (bicyclic) bond motifs is 1. The van der Waals surface area contributed by atoms with Gasteiger partial charge in [0.2, 0.25) is 0 Å². The van der Waals surface area contributed by atoms with Crippen LogP contribution in [0.5, 0.6) is 5.75 Å². The highest BCUT2D eigenvalue weighted by molar-refractivity contribution is 7.97. The van der Waals surface area contributed by atoms with Gasteiger partial charge in [-0.1, -0.05) is 13.5 Å². The first-order chi connectivity index (χ1) is 11.8. The third-order valence-corrected chi connectivity index (χ3v) is 4.92. The number of anilines is 2. The number of likely N-dealkylation sites (N-methyl/N-ethyl adjacent to an activating group) is 1. The number of carboxylic acids is 1. The molecule has 2 rings (SSSR count). The smallest absolute Gasteiger partial charge is 0.331 e. The van der Waals surface area contributed by atoms with Gasteiger partial charge in [-0.2, -0.15) is 0 Å².